The summed E-state index contributed by atoms with van der Waals surface area (Å²) >= 11 is 0. The van der Waals surface area contributed by atoms with Crippen molar-refractivity contribution in [2.24, 2.45) is 0 Å². The molecule has 0 aromatic heterocycles. The first-order chi connectivity index (χ1) is 5.08. The number of rotatable bonds is 4. The Hall–Kier alpha value is -0.630. The number of carbonyl (C=O) groups is 1. The van der Waals surface area contributed by atoms with Crippen molar-refractivity contribution in [3.8, 4) is 0 Å². The van der Waals surface area contributed by atoms with Gasteiger partial charge in [0.2, 0.25) is 0 Å². The van der Waals surface area contributed by atoms with E-state index >= 15 is 0 Å². The molecule has 0 saturated carbocycles. The predicted molar refractivity (Wildman–Crippen MR) is 45.5 cm³/mol. The number of methoxy groups -OCH3 is 1. The molecule has 1 unspecified atom stereocenters. The Morgan fingerprint density at radius 1 is 1.64 bits per heavy atom. The molecule has 0 bridgehead atoms. The maximum absolute atomic E-state index is 10.3. The van der Waals surface area contributed by atoms with E-state index in [0.29, 0.717) is 0 Å². The standard InChI is InChI=1S/C9H16O2/c1-5-9(3,11-4)6-8(2)7-10/h6-7H,5H2,1-4H3/b8-6-. The fourth-order valence-electron chi connectivity index (χ4n) is 0.821. The number of ether oxygens (including phenoxy) is 1. The third-order valence-corrected chi connectivity index (χ3v) is 1.89. The van der Waals surface area contributed by atoms with Crippen LogP contribution in [-0.2, 0) is 9.53 Å². The molecular formula is C9H16O2. The average molecular weight is 156 g/mol. The highest BCUT2D eigenvalue weighted by Gasteiger charge is 2.17. The van der Waals surface area contributed by atoms with Crippen molar-refractivity contribution in [3.05, 3.63) is 11.6 Å². The number of hydrogen-bond acceptors (Lipinski definition) is 2. The minimum absolute atomic E-state index is 0.287. The molecule has 64 valence electrons. The van der Waals surface area contributed by atoms with Gasteiger partial charge in [0.15, 0.2) is 0 Å². The largest absolute Gasteiger partial charge is 0.374 e. The summed E-state index contributed by atoms with van der Waals surface area (Å²) in [6.07, 6.45) is 3.56. The molecule has 0 aliphatic heterocycles. The molecule has 0 spiro atoms. The van der Waals surface area contributed by atoms with Gasteiger partial charge in [-0.2, -0.15) is 0 Å². The molecular weight excluding hydrogens is 140 g/mol. The van der Waals surface area contributed by atoms with E-state index in [0.717, 1.165) is 18.3 Å². The van der Waals surface area contributed by atoms with Gasteiger partial charge >= 0.3 is 0 Å². The molecule has 2 nitrogen and oxygen atoms in total. The summed E-state index contributed by atoms with van der Waals surface area (Å²) in [7, 11) is 1.65. The first kappa shape index (κ1) is 10.4. The number of carbonyl (C=O) groups excluding carboxylic acids is 1. The molecule has 0 aliphatic carbocycles. The lowest BCUT2D eigenvalue weighted by Gasteiger charge is -2.22. The molecule has 0 heterocycles. The second-order valence-corrected chi connectivity index (χ2v) is 2.88. The maximum atomic E-state index is 10.3. The quantitative estimate of drug-likeness (QED) is 0.459. The van der Waals surface area contributed by atoms with Gasteiger partial charge in [0.25, 0.3) is 0 Å². The number of aldehydes is 1. The van der Waals surface area contributed by atoms with E-state index in [1.165, 1.54) is 0 Å². The summed E-state index contributed by atoms with van der Waals surface area (Å²) in [5.74, 6) is 0. The normalized spacial score (nSPS) is 17.6. The lowest BCUT2D eigenvalue weighted by molar-refractivity contribution is -0.105. The first-order valence-corrected chi connectivity index (χ1v) is 3.77. The van der Waals surface area contributed by atoms with E-state index in [1.807, 2.05) is 19.9 Å². The van der Waals surface area contributed by atoms with Crippen LogP contribution >= 0.6 is 0 Å². The third kappa shape index (κ3) is 3.33. The smallest absolute Gasteiger partial charge is 0.145 e. The summed E-state index contributed by atoms with van der Waals surface area (Å²) in [6.45, 7) is 5.76. The van der Waals surface area contributed by atoms with Gasteiger partial charge < -0.3 is 4.74 Å². The van der Waals surface area contributed by atoms with E-state index in [2.05, 4.69) is 0 Å². The van der Waals surface area contributed by atoms with Gasteiger partial charge in [-0.15, -0.1) is 0 Å². The van der Waals surface area contributed by atoms with Crippen molar-refractivity contribution < 1.29 is 9.53 Å². The molecule has 0 fully saturated rings. The van der Waals surface area contributed by atoms with Gasteiger partial charge in [-0.3, -0.25) is 4.79 Å². The average Bonchev–Trinajstić information content (AvgIpc) is 2.04. The van der Waals surface area contributed by atoms with Crippen LogP contribution in [0.3, 0.4) is 0 Å². The Morgan fingerprint density at radius 3 is 2.45 bits per heavy atom. The van der Waals surface area contributed by atoms with E-state index in [1.54, 1.807) is 14.0 Å². The fourth-order valence-corrected chi connectivity index (χ4v) is 0.821. The molecule has 0 saturated heterocycles. The molecule has 0 N–H and O–H groups in total. The maximum Gasteiger partial charge on any atom is 0.145 e. The van der Waals surface area contributed by atoms with Crippen LogP contribution in [0.15, 0.2) is 11.6 Å². The van der Waals surface area contributed by atoms with Gasteiger partial charge in [0.05, 0.1) is 5.60 Å². The second kappa shape index (κ2) is 4.29. The van der Waals surface area contributed by atoms with E-state index < -0.39 is 0 Å². The third-order valence-electron chi connectivity index (χ3n) is 1.89. The Morgan fingerprint density at radius 2 is 2.18 bits per heavy atom. The highest BCUT2D eigenvalue weighted by molar-refractivity contribution is 5.72. The van der Waals surface area contributed by atoms with Crippen LogP contribution < -0.4 is 0 Å². The molecule has 0 radical (unpaired) electrons. The highest BCUT2D eigenvalue weighted by Crippen LogP contribution is 2.16. The minimum atomic E-state index is -0.287. The highest BCUT2D eigenvalue weighted by atomic mass is 16.5. The lowest BCUT2D eigenvalue weighted by atomic mass is 10.0. The SMILES string of the molecule is CCC(C)(/C=C(/C)C=O)OC. The van der Waals surface area contributed by atoms with Crippen LogP contribution in [0, 0.1) is 0 Å². The van der Waals surface area contributed by atoms with Crippen molar-refractivity contribution in [2.75, 3.05) is 7.11 Å². The van der Waals surface area contributed by atoms with Gasteiger partial charge in [-0.25, -0.2) is 0 Å². The number of hydrogen-bond donors (Lipinski definition) is 0. The molecule has 0 aromatic rings. The molecule has 11 heavy (non-hydrogen) atoms. The summed E-state index contributed by atoms with van der Waals surface area (Å²) in [5, 5.41) is 0. The van der Waals surface area contributed by atoms with Crippen molar-refractivity contribution in [1.29, 1.82) is 0 Å². The Bertz CT molecular complexity index is 155. The molecule has 1 atom stereocenters. The van der Waals surface area contributed by atoms with Crippen molar-refractivity contribution in [3.63, 3.8) is 0 Å². The van der Waals surface area contributed by atoms with Crippen LogP contribution in [0.25, 0.3) is 0 Å². The summed E-state index contributed by atoms with van der Waals surface area (Å²) in [4.78, 5) is 10.3. The summed E-state index contributed by atoms with van der Waals surface area (Å²) in [5.41, 5.74) is 0.432. The van der Waals surface area contributed by atoms with E-state index in [4.69, 9.17) is 4.74 Å². The first-order valence-electron chi connectivity index (χ1n) is 3.77. The van der Waals surface area contributed by atoms with Crippen molar-refractivity contribution in [1.82, 2.24) is 0 Å². The number of allylic oxidation sites excluding steroid dienone is 1. The van der Waals surface area contributed by atoms with E-state index in [9.17, 15) is 4.79 Å². The summed E-state index contributed by atoms with van der Waals surface area (Å²) in [6, 6.07) is 0. The monoisotopic (exact) mass is 156 g/mol. The van der Waals surface area contributed by atoms with Gasteiger partial charge in [-0.05, 0) is 31.9 Å². The molecule has 0 aromatic carbocycles. The Labute approximate surface area is 68.2 Å². The van der Waals surface area contributed by atoms with Gasteiger partial charge in [0, 0.05) is 7.11 Å². The second-order valence-electron chi connectivity index (χ2n) is 2.88. The van der Waals surface area contributed by atoms with E-state index in [-0.39, 0.29) is 5.60 Å². The van der Waals surface area contributed by atoms with Gasteiger partial charge in [-0.1, -0.05) is 6.92 Å². The van der Waals surface area contributed by atoms with Crippen molar-refractivity contribution >= 4 is 6.29 Å². The Balaban J connectivity index is 4.39. The zero-order valence-corrected chi connectivity index (χ0v) is 7.68. The topological polar surface area (TPSA) is 26.3 Å². The molecule has 0 amide bonds. The van der Waals surface area contributed by atoms with Crippen LogP contribution in [0.4, 0.5) is 0 Å². The molecule has 0 rings (SSSR count). The summed E-state index contributed by atoms with van der Waals surface area (Å²) < 4.78 is 5.22. The fraction of sp³-hybridized carbons (Fsp3) is 0.667. The zero-order chi connectivity index (χ0) is 8.91. The van der Waals surface area contributed by atoms with Crippen LogP contribution in [0.5, 0.6) is 0 Å². The molecule has 0 aliphatic rings. The Kier molecular flexibility index (Phi) is 4.04. The van der Waals surface area contributed by atoms with Crippen LogP contribution in [-0.4, -0.2) is 19.0 Å². The molecule has 2 heteroatoms. The predicted octanol–water partition coefficient (Wildman–Crippen LogP) is 1.95. The van der Waals surface area contributed by atoms with Gasteiger partial charge in [0.1, 0.15) is 6.29 Å². The minimum Gasteiger partial charge on any atom is -0.374 e. The van der Waals surface area contributed by atoms with Crippen LogP contribution in [0.2, 0.25) is 0 Å². The zero-order valence-electron chi connectivity index (χ0n) is 7.68. The van der Waals surface area contributed by atoms with Crippen LogP contribution in [0.1, 0.15) is 27.2 Å². The van der Waals surface area contributed by atoms with Crippen molar-refractivity contribution in [2.45, 2.75) is 32.8 Å². The lowest BCUT2D eigenvalue weighted by Crippen LogP contribution is -2.23.